The van der Waals surface area contributed by atoms with Gasteiger partial charge in [-0.1, -0.05) is 28.1 Å². The minimum absolute atomic E-state index is 0.0686. The van der Waals surface area contributed by atoms with E-state index >= 15 is 0 Å². The number of hydrogen-bond donors (Lipinski definition) is 1. The fraction of sp³-hybridized carbons (Fsp3) is 0.364. The van der Waals surface area contributed by atoms with Crippen molar-refractivity contribution in [3.8, 4) is 0 Å². The third-order valence-corrected chi connectivity index (χ3v) is 3.17. The third kappa shape index (κ3) is 2.53. The molecule has 1 aromatic carbocycles. The second-order valence-corrected chi connectivity index (χ2v) is 4.91. The molecule has 0 bridgehead atoms. The third-order valence-electron chi connectivity index (χ3n) is 2.64. The lowest BCUT2D eigenvalue weighted by Crippen LogP contribution is -2.18. The van der Waals surface area contributed by atoms with Gasteiger partial charge < -0.3 is 5.73 Å². The van der Waals surface area contributed by atoms with Gasteiger partial charge in [-0.2, -0.15) is 0 Å². The quantitative estimate of drug-likeness (QED) is 0.941. The van der Waals surface area contributed by atoms with E-state index in [9.17, 15) is 0 Å². The molecular weight excluding hydrogens is 282 g/mol. The van der Waals surface area contributed by atoms with Crippen molar-refractivity contribution in [1.82, 2.24) is 20.2 Å². The molecule has 0 radical (unpaired) electrons. The van der Waals surface area contributed by atoms with Crippen LogP contribution in [0.1, 0.15) is 37.3 Å². The molecule has 0 spiro atoms. The summed E-state index contributed by atoms with van der Waals surface area (Å²) in [6.45, 7) is 3.92. The summed E-state index contributed by atoms with van der Waals surface area (Å²) in [4.78, 5) is 0. The van der Waals surface area contributed by atoms with Gasteiger partial charge in [0, 0.05) is 4.47 Å². The van der Waals surface area contributed by atoms with Gasteiger partial charge >= 0.3 is 0 Å². The Morgan fingerprint density at radius 3 is 2.47 bits per heavy atom. The molecule has 0 saturated carbocycles. The Hall–Kier alpha value is -1.27. The van der Waals surface area contributed by atoms with Crippen LogP contribution in [0.25, 0.3) is 0 Å². The first-order valence-electron chi connectivity index (χ1n) is 5.38. The summed E-state index contributed by atoms with van der Waals surface area (Å²) in [7, 11) is 0. The fourth-order valence-corrected chi connectivity index (χ4v) is 1.92. The van der Waals surface area contributed by atoms with Crippen LogP contribution < -0.4 is 5.73 Å². The van der Waals surface area contributed by atoms with Gasteiger partial charge in [-0.15, -0.1) is 5.10 Å². The minimum atomic E-state index is -0.178. The van der Waals surface area contributed by atoms with Crippen LogP contribution in [0.2, 0.25) is 0 Å². The lowest BCUT2D eigenvalue weighted by Gasteiger charge is -2.15. The van der Waals surface area contributed by atoms with E-state index in [0.717, 1.165) is 10.0 Å². The van der Waals surface area contributed by atoms with Crippen molar-refractivity contribution in [2.24, 2.45) is 5.73 Å². The van der Waals surface area contributed by atoms with Crippen LogP contribution in [0, 0.1) is 0 Å². The normalized spacial score (nSPS) is 14.6. The van der Waals surface area contributed by atoms with E-state index in [1.165, 1.54) is 0 Å². The second kappa shape index (κ2) is 4.93. The number of nitrogens with zero attached hydrogens (tertiary/aromatic N) is 4. The molecule has 0 aliphatic heterocycles. The maximum absolute atomic E-state index is 5.83. The number of aromatic nitrogens is 4. The van der Waals surface area contributed by atoms with Gasteiger partial charge in [0.1, 0.15) is 0 Å². The first kappa shape index (κ1) is 12.2. The van der Waals surface area contributed by atoms with Crippen molar-refractivity contribution in [2.45, 2.75) is 25.9 Å². The van der Waals surface area contributed by atoms with Gasteiger partial charge in [0.2, 0.25) is 0 Å². The molecule has 2 rings (SSSR count). The Balaban J connectivity index is 2.33. The SMILES string of the molecule is CC(N)c1nnnn1C(C)c1ccc(Br)cc1. The first-order valence-corrected chi connectivity index (χ1v) is 6.17. The van der Waals surface area contributed by atoms with Gasteiger partial charge in [-0.25, -0.2) is 4.68 Å². The molecule has 0 fully saturated rings. The number of rotatable bonds is 3. The van der Waals surface area contributed by atoms with E-state index in [-0.39, 0.29) is 12.1 Å². The van der Waals surface area contributed by atoms with Crippen LogP contribution in [0.15, 0.2) is 28.7 Å². The summed E-state index contributed by atoms with van der Waals surface area (Å²) in [5.41, 5.74) is 6.97. The molecule has 90 valence electrons. The molecule has 0 aliphatic rings. The summed E-state index contributed by atoms with van der Waals surface area (Å²) in [6.07, 6.45) is 0. The van der Waals surface area contributed by atoms with Crippen molar-refractivity contribution >= 4 is 15.9 Å². The summed E-state index contributed by atoms with van der Waals surface area (Å²) in [6, 6.07) is 7.98. The molecule has 17 heavy (non-hydrogen) atoms. The van der Waals surface area contributed by atoms with Crippen LogP contribution in [0.4, 0.5) is 0 Å². The average molecular weight is 296 g/mol. The Labute approximate surface area is 108 Å². The molecule has 0 amide bonds. The Morgan fingerprint density at radius 2 is 1.88 bits per heavy atom. The molecule has 2 atom stereocenters. The smallest absolute Gasteiger partial charge is 0.168 e. The Morgan fingerprint density at radius 1 is 1.24 bits per heavy atom. The molecule has 2 N–H and O–H groups in total. The topological polar surface area (TPSA) is 69.6 Å². The highest BCUT2D eigenvalue weighted by Crippen LogP contribution is 2.21. The molecule has 2 unspecified atom stereocenters. The molecule has 0 aliphatic carbocycles. The number of benzene rings is 1. The van der Waals surface area contributed by atoms with Gasteiger partial charge in [-0.05, 0) is 42.0 Å². The summed E-state index contributed by atoms with van der Waals surface area (Å²) >= 11 is 3.41. The van der Waals surface area contributed by atoms with Gasteiger partial charge in [0.25, 0.3) is 0 Å². The zero-order valence-electron chi connectivity index (χ0n) is 9.71. The average Bonchev–Trinajstić information content (AvgIpc) is 2.78. The number of hydrogen-bond acceptors (Lipinski definition) is 4. The zero-order chi connectivity index (χ0) is 12.4. The van der Waals surface area contributed by atoms with Gasteiger partial charge in [0.05, 0.1) is 12.1 Å². The summed E-state index contributed by atoms with van der Waals surface area (Å²) in [5.74, 6) is 0.695. The van der Waals surface area contributed by atoms with Crippen LogP contribution in [-0.4, -0.2) is 20.2 Å². The van der Waals surface area contributed by atoms with E-state index in [2.05, 4.69) is 31.5 Å². The van der Waals surface area contributed by atoms with Crippen molar-refractivity contribution in [2.75, 3.05) is 0 Å². The zero-order valence-corrected chi connectivity index (χ0v) is 11.3. The second-order valence-electron chi connectivity index (χ2n) is 4.00. The molecule has 6 heteroatoms. The van der Waals surface area contributed by atoms with E-state index < -0.39 is 0 Å². The van der Waals surface area contributed by atoms with Crippen molar-refractivity contribution in [3.63, 3.8) is 0 Å². The van der Waals surface area contributed by atoms with E-state index in [4.69, 9.17) is 5.73 Å². The van der Waals surface area contributed by atoms with E-state index in [1.54, 1.807) is 4.68 Å². The maximum atomic E-state index is 5.83. The Bertz CT molecular complexity index is 491. The van der Waals surface area contributed by atoms with Crippen molar-refractivity contribution < 1.29 is 0 Å². The lowest BCUT2D eigenvalue weighted by atomic mass is 10.1. The standard InChI is InChI=1S/C11H14BrN5/c1-7(13)11-14-15-16-17(11)8(2)9-3-5-10(12)6-4-9/h3-8H,13H2,1-2H3. The maximum Gasteiger partial charge on any atom is 0.168 e. The van der Waals surface area contributed by atoms with Crippen molar-refractivity contribution in [1.29, 1.82) is 0 Å². The molecule has 2 aromatic rings. The molecule has 1 aromatic heterocycles. The Kier molecular flexibility index (Phi) is 3.54. The molecule has 5 nitrogen and oxygen atoms in total. The highest BCUT2D eigenvalue weighted by Gasteiger charge is 2.16. The van der Waals surface area contributed by atoms with Crippen LogP contribution in [0.5, 0.6) is 0 Å². The number of nitrogens with two attached hydrogens (primary N) is 1. The summed E-state index contributed by atoms with van der Waals surface area (Å²) in [5, 5.41) is 11.6. The lowest BCUT2D eigenvalue weighted by molar-refractivity contribution is 0.504. The predicted molar refractivity (Wildman–Crippen MR) is 68.4 cm³/mol. The fourth-order valence-electron chi connectivity index (χ4n) is 1.66. The van der Waals surface area contributed by atoms with Crippen LogP contribution in [0.3, 0.4) is 0 Å². The molecule has 1 heterocycles. The van der Waals surface area contributed by atoms with Crippen LogP contribution in [-0.2, 0) is 0 Å². The molecular formula is C11H14BrN5. The van der Waals surface area contributed by atoms with E-state index in [1.807, 2.05) is 38.1 Å². The number of tetrazole rings is 1. The van der Waals surface area contributed by atoms with Gasteiger partial charge in [-0.3, -0.25) is 0 Å². The highest BCUT2D eigenvalue weighted by atomic mass is 79.9. The molecule has 0 saturated heterocycles. The highest BCUT2D eigenvalue weighted by molar-refractivity contribution is 9.10. The largest absolute Gasteiger partial charge is 0.322 e. The first-order chi connectivity index (χ1) is 8.09. The minimum Gasteiger partial charge on any atom is -0.322 e. The van der Waals surface area contributed by atoms with Crippen molar-refractivity contribution in [3.05, 3.63) is 40.1 Å². The summed E-state index contributed by atoms with van der Waals surface area (Å²) < 4.78 is 2.81. The monoisotopic (exact) mass is 295 g/mol. The van der Waals surface area contributed by atoms with E-state index in [0.29, 0.717) is 5.82 Å². The predicted octanol–water partition coefficient (Wildman–Crippen LogP) is 2.06. The van der Waals surface area contributed by atoms with Crippen LogP contribution >= 0.6 is 15.9 Å². The number of halogens is 1. The van der Waals surface area contributed by atoms with Gasteiger partial charge in [0.15, 0.2) is 5.82 Å².